The third-order valence-electron chi connectivity index (χ3n) is 6.73. The highest BCUT2D eigenvalue weighted by Crippen LogP contribution is 2.66. The number of nitrogens with one attached hydrogen (secondary N) is 1. The highest BCUT2D eigenvalue weighted by Gasteiger charge is 2.43. The zero-order valence-electron chi connectivity index (χ0n) is 23.6. The molecule has 6 N–H and O–H groups in total. The largest absolute Gasteiger partial charge is 0.490 e. The first-order valence-corrected chi connectivity index (χ1v) is 20.6. The Morgan fingerprint density at radius 2 is 1.86 bits per heavy atom. The lowest BCUT2D eigenvalue weighted by Crippen LogP contribution is -2.27. The van der Waals surface area contributed by atoms with E-state index in [2.05, 4.69) is 35.3 Å². The first-order valence-electron chi connectivity index (χ1n) is 13.8. The fourth-order valence-corrected chi connectivity index (χ4v) is 9.66. The molecule has 2 fully saturated rings. The van der Waals surface area contributed by atoms with E-state index in [1.165, 1.54) is 10.8 Å². The summed E-state index contributed by atoms with van der Waals surface area (Å²) >= 11 is 0. The van der Waals surface area contributed by atoms with Crippen LogP contribution in [-0.4, -0.2) is 72.8 Å². The van der Waals surface area contributed by atoms with Gasteiger partial charge in [-0.15, -0.1) is 0 Å². The van der Waals surface area contributed by atoms with Gasteiger partial charge in [-0.1, -0.05) is 41.5 Å². The minimum atomic E-state index is -5.63. The standard InChI is InChI=1S/C24H37N2O13P3S2.H2/c27-20-16-21(37-22(20)17-36-41(32,33)39-42(34,35)38-40(29,30)31)19-8-2-1-6-18(10-11-19)7-5-14-25-23(28)12-15-43-44-24-9-3-4-13-26-24;/h3-4,9,13,18-22,27H,1-2,6,8,10-12,14-17H2,(H,25,28)(H,32,33)(H,34,35)(H2,29,30,31);1H. The number of aliphatic hydroxyl groups is 1. The van der Waals surface area contributed by atoms with Crippen LogP contribution in [0.25, 0.3) is 0 Å². The Morgan fingerprint density at radius 3 is 2.59 bits per heavy atom. The van der Waals surface area contributed by atoms with E-state index in [4.69, 9.17) is 14.5 Å². The highest BCUT2D eigenvalue weighted by atomic mass is 33.1. The average Bonchev–Trinajstić information content (AvgIpc) is 3.27. The number of aromatic nitrogens is 1. The number of carbonyl (C=O) groups excluding carboxylic acids is 1. The van der Waals surface area contributed by atoms with Crippen molar-refractivity contribution >= 4 is 51.0 Å². The van der Waals surface area contributed by atoms with Gasteiger partial charge in [0.05, 0.1) is 25.4 Å². The van der Waals surface area contributed by atoms with Crippen molar-refractivity contribution in [3.63, 3.8) is 0 Å². The SMILES string of the molecule is O=C(CCSSc1ccccn1)NCC#CC1CCCCC(C2CC(O)C(COP(=O)(O)OP(=O)(O)OP(=O)(O)O)O2)CC1.[HH]. The summed E-state index contributed by atoms with van der Waals surface area (Å²) in [7, 11) is -13.4. The lowest BCUT2D eigenvalue weighted by molar-refractivity contribution is -0.120. The number of pyridine rings is 1. The van der Waals surface area contributed by atoms with Crippen LogP contribution >= 0.6 is 45.1 Å². The number of phosphoric acid groups is 3. The molecule has 1 amide bonds. The Bertz CT molecular complexity index is 1290. The van der Waals surface area contributed by atoms with Gasteiger partial charge in [-0.05, 0) is 54.5 Å². The maximum atomic E-state index is 12.1. The quantitative estimate of drug-likeness (QED) is 0.0689. The van der Waals surface area contributed by atoms with Crippen molar-refractivity contribution in [3.8, 4) is 11.8 Å². The van der Waals surface area contributed by atoms with Gasteiger partial charge < -0.3 is 34.7 Å². The minimum absolute atomic E-state index is 0. The van der Waals surface area contributed by atoms with E-state index < -0.39 is 42.3 Å². The van der Waals surface area contributed by atoms with E-state index in [9.17, 15) is 33.4 Å². The van der Waals surface area contributed by atoms with E-state index in [0.717, 1.165) is 43.6 Å². The van der Waals surface area contributed by atoms with Crippen LogP contribution in [0.15, 0.2) is 29.4 Å². The zero-order chi connectivity index (χ0) is 32.2. The molecule has 44 heavy (non-hydrogen) atoms. The molecule has 1 saturated carbocycles. The number of rotatable bonds is 14. The number of amides is 1. The second-order valence-electron chi connectivity index (χ2n) is 10.1. The molecule has 0 radical (unpaired) electrons. The lowest BCUT2D eigenvalue weighted by Gasteiger charge is -2.27. The van der Waals surface area contributed by atoms with Gasteiger partial charge in [0.25, 0.3) is 0 Å². The van der Waals surface area contributed by atoms with Gasteiger partial charge in [-0.2, -0.15) is 8.62 Å². The van der Waals surface area contributed by atoms with E-state index in [1.54, 1.807) is 17.0 Å². The molecular weight excluding hydrogens is 681 g/mol. The number of hydrogen-bond acceptors (Lipinski definition) is 12. The summed E-state index contributed by atoms with van der Waals surface area (Å²) in [6, 6.07) is 5.68. The summed E-state index contributed by atoms with van der Waals surface area (Å²) in [6.07, 6.45) is 5.15. The molecule has 15 nitrogen and oxygen atoms in total. The molecule has 2 aliphatic rings. The van der Waals surface area contributed by atoms with Crippen LogP contribution in [0.5, 0.6) is 0 Å². The van der Waals surface area contributed by atoms with Crippen LogP contribution < -0.4 is 5.32 Å². The second-order valence-corrected chi connectivity index (χ2v) is 17.0. The van der Waals surface area contributed by atoms with Crippen molar-refractivity contribution in [2.75, 3.05) is 18.9 Å². The van der Waals surface area contributed by atoms with Crippen LogP contribution in [0.2, 0.25) is 0 Å². The van der Waals surface area contributed by atoms with Crippen LogP contribution in [0, 0.1) is 23.7 Å². The summed E-state index contributed by atoms with van der Waals surface area (Å²) in [5.74, 6) is 7.15. The fraction of sp³-hybridized carbons (Fsp3) is 0.667. The molecule has 0 spiro atoms. The maximum absolute atomic E-state index is 12.1. The summed E-state index contributed by atoms with van der Waals surface area (Å²) in [4.78, 5) is 52.5. The first-order chi connectivity index (χ1) is 20.7. The molecule has 20 heteroatoms. The van der Waals surface area contributed by atoms with Gasteiger partial charge in [-0.3, -0.25) is 9.32 Å². The van der Waals surface area contributed by atoms with E-state index >= 15 is 0 Å². The summed E-state index contributed by atoms with van der Waals surface area (Å²) < 4.78 is 52.2. The van der Waals surface area contributed by atoms with Crippen molar-refractivity contribution < 1.29 is 62.5 Å². The molecule has 2 heterocycles. The van der Waals surface area contributed by atoms with Crippen molar-refractivity contribution in [2.24, 2.45) is 11.8 Å². The monoisotopic (exact) mass is 720 g/mol. The summed E-state index contributed by atoms with van der Waals surface area (Å²) in [5.41, 5.74) is 0. The molecule has 1 aliphatic heterocycles. The predicted octanol–water partition coefficient (Wildman–Crippen LogP) is 4.03. The number of phosphoric ester groups is 1. The van der Waals surface area contributed by atoms with Gasteiger partial charge in [0.15, 0.2) is 0 Å². The Labute approximate surface area is 264 Å². The van der Waals surface area contributed by atoms with Gasteiger partial charge in [0.1, 0.15) is 11.1 Å². The normalized spacial score (nSPS) is 27.2. The Balaban J connectivity index is 0.00000705. The van der Waals surface area contributed by atoms with E-state index in [1.807, 2.05) is 18.2 Å². The number of hydrogen-bond donors (Lipinski definition) is 6. The van der Waals surface area contributed by atoms with Crippen LogP contribution in [0.4, 0.5) is 0 Å². The summed E-state index contributed by atoms with van der Waals surface area (Å²) in [6.45, 7) is -0.415. The van der Waals surface area contributed by atoms with E-state index in [-0.39, 0.29) is 38.2 Å². The molecule has 3 rings (SSSR count). The summed E-state index contributed by atoms with van der Waals surface area (Å²) in [5, 5.41) is 14.2. The van der Waals surface area contributed by atoms with Crippen molar-refractivity contribution in [1.82, 2.24) is 10.3 Å². The van der Waals surface area contributed by atoms with Crippen LogP contribution in [0.1, 0.15) is 52.8 Å². The molecule has 1 aromatic heterocycles. The third kappa shape index (κ3) is 14.8. The third-order valence-corrected chi connectivity index (χ3v) is 12.8. The molecule has 1 aliphatic carbocycles. The van der Waals surface area contributed by atoms with Gasteiger partial charge in [0.2, 0.25) is 5.91 Å². The number of carbonyl (C=O) groups is 1. The molecule has 7 atom stereocenters. The number of nitrogens with zero attached hydrogens (tertiary/aromatic N) is 1. The minimum Gasteiger partial charge on any atom is -0.390 e. The highest BCUT2D eigenvalue weighted by molar-refractivity contribution is 8.76. The molecular formula is C24H39N2O13P3S2. The molecule has 7 unspecified atom stereocenters. The number of ether oxygens (including phenoxy) is 1. The lowest BCUT2D eigenvalue weighted by atomic mass is 9.82. The van der Waals surface area contributed by atoms with Crippen molar-refractivity contribution in [1.29, 1.82) is 0 Å². The molecule has 0 aromatic carbocycles. The van der Waals surface area contributed by atoms with Crippen molar-refractivity contribution in [3.05, 3.63) is 24.4 Å². The molecule has 250 valence electrons. The Morgan fingerprint density at radius 1 is 1.09 bits per heavy atom. The molecule has 1 aromatic rings. The average molecular weight is 721 g/mol. The molecule has 1 saturated heterocycles. The first kappa shape index (κ1) is 37.7. The Kier molecular flexibility index (Phi) is 15.4. The van der Waals surface area contributed by atoms with Crippen LogP contribution in [-0.2, 0) is 36.4 Å². The second kappa shape index (κ2) is 17.9. The topological polar surface area (TPSA) is 231 Å². The number of aliphatic hydroxyl groups excluding tert-OH is 1. The maximum Gasteiger partial charge on any atom is 0.490 e. The smallest absolute Gasteiger partial charge is 0.390 e. The van der Waals surface area contributed by atoms with Gasteiger partial charge >= 0.3 is 23.5 Å². The fourth-order valence-electron chi connectivity index (χ4n) is 4.76. The molecule has 0 bridgehead atoms. The van der Waals surface area contributed by atoms with Gasteiger partial charge in [-0.25, -0.2) is 18.7 Å². The predicted molar refractivity (Wildman–Crippen MR) is 164 cm³/mol. The Hall–Kier alpha value is -0.790. The van der Waals surface area contributed by atoms with Crippen molar-refractivity contribution in [2.45, 2.75) is 74.7 Å². The van der Waals surface area contributed by atoms with Crippen LogP contribution in [0.3, 0.4) is 0 Å². The van der Waals surface area contributed by atoms with E-state index in [0.29, 0.717) is 12.2 Å². The van der Waals surface area contributed by atoms with Gasteiger partial charge in [0, 0.05) is 32.1 Å². The zero-order valence-corrected chi connectivity index (χ0v) is 27.9.